The second-order valence-corrected chi connectivity index (χ2v) is 5.03. The Morgan fingerprint density at radius 2 is 2.00 bits per heavy atom. The first-order valence-corrected chi connectivity index (χ1v) is 6.56. The van der Waals surface area contributed by atoms with Gasteiger partial charge in [-0.05, 0) is 6.07 Å². The number of rotatable bonds is 3. The summed E-state index contributed by atoms with van der Waals surface area (Å²) in [4.78, 5) is 0. The number of hydrazine groups is 1. The molecule has 2 aromatic heterocycles. The zero-order valence-electron chi connectivity index (χ0n) is 11.2. The van der Waals surface area contributed by atoms with Gasteiger partial charge in [-0.3, -0.25) is 15.2 Å². The van der Waals surface area contributed by atoms with Gasteiger partial charge in [0.15, 0.2) is 0 Å². The maximum atomic E-state index is 6.21. The van der Waals surface area contributed by atoms with Gasteiger partial charge in [0.1, 0.15) is 6.04 Å². The van der Waals surface area contributed by atoms with Crippen LogP contribution in [-0.4, -0.2) is 19.6 Å². The smallest absolute Gasteiger partial charge is 0.109 e. The lowest BCUT2D eigenvalue weighted by Gasteiger charge is -2.15. The van der Waals surface area contributed by atoms with E-state index in [0.717, 1.165) is 22.3 Å². The van der Waals surface area contributed by atoms with Gasteiger partial charge < -0.3 is 0 Å². The van der Waals surface area contributed by atoms with Crippen LogP contribution in [0.4, 0.5) is 0 Å². The van der Waals surface area contributed by atoms with Crippen LogP contribution < -0.4 is 11.3 Å². The molecule has 2 heterocycles. The fourth-order valence-corrected chi connectivity index (χ4v) is 2.76. The van der Waals surface area contributed by atoms with Crippen molar-refractivity contribution in [3.05, 3.63) is 46.9 Å². The van der Waals surface area contributed by atoms with Crippen molar-refractivity contribution in [3.63, 3.8) is 0 Å². The Morgan fingerprint density at radius 3 is 2.65 bits per heavy atom. The van der Waals surface area contributed by atoms with Crippen molar-refractivity contribution in [1.82, 2.24) is 25.0 Å². The minimum atomic E-state index is -0.318. The van der Waals surface area contributed by atoms with Crippen molar-refractivity contribution in [1.29, 1.82) is 0 Å². The zero-order chi connectivity index (χ0) is 14.3. The summed E-state index contributed by atoms with van der Waals surface area (Å²) in [6.45, 7) is 0. The lowest BCUT2D eigenvalue weighted by molar-refractivity contribution is 0.558. The van der Waals surface area contributed by atoms with Crippen LogP contribution in [0.2, 0.25) is 5.02 Å². The number of aromatic nitrogens is 4. The van der Waals surface area contributed by atoms with Crippen LogP contribution in [0.1, 0.15) is 17.4 Å². The van der Waals surface area contributed by atoms with Crippen LogP contribution in [0.3, 0.4) is 0 Å². The highest BCUT2D eigenvalue weighted by atomic mass is 35.5. The molecule has 0 amide bonds. The van der Waals surface area contributed by atoms with Gasteiger partial charge in [-0.25, -0.2) is 5.43 Å². The Labute approximate surface area is 121 Å². The largest absolute Gasteiger partial charge is 0.270 e. The maximum absolute atomic E-state index is 6.21. The molecule has 104 valence electrons. The number of nitrogens with one attached hydrogen (secondary N) is 1. The molecule has 0 spiro atoms. The van der Waals surface area contributed by atoms with E-state index < -0.39 is 0 Å². The molecule has 6 nitrogen and oxygen atoms in total. The van der Waals surface area contributed by atoms with Gasteiger partial charge in [0.05, 0.1) is 28.1 Å². The average Bonchev–Trinajstić information content (AvgIpc) is 2.95. The first-order valence-electron chi connectivity index (χ1n) is 6.18. The average molecular weight is 291 g/mol. The standard InChI is InChI=1S/C13H15ClN6/c1-19-10-6-4-3-5-8(10)11(18-19)12(17-15)13-9(14)7-16-20(13)2/h3-7,12,17H,15H2,1-2H3. The predicted octanol–water partition coefficient (Wildman–Crippen LogP) is 1.51. The van der Waals surface area contributed by atoms with Crippen LogP contribution in [0, 0.1) is 0 Å². The number of benzene rings is 1. The lowest BCUT2D eigenvalue weighted by atomic mass is 10.1. The minimum Gasteiger partial charge on any atom is -0.270 e. The number of hydrogen-bond acceptors (Lipinski definition) is 4. The summed E-state index contributed by atoms with van der Waals surface area (Å²) in [7, 11) is 3.74. The second-order valence-electron chi connectivity index (χ2n) is 4.63. The van der Waals surface area contributed by atoms with E-state index in [0.29, 0.717) is 5.02 Å². The molecular weight excluding hydrogens is 276 g/mol. The molecule has 0 saturated heterocycles. The van der Waals surface area contributed by atoms with Gasteiger partial charge in [0, 0.05) is 19.5 Å². The predicted molar refractivity (Wildman–Crippen MR) is 78.1 cm³/mol. The molecule has 7 heteroatoms. The molecule has 3 rings (SSSR count). The lowest BCUT2D eigenvalue weighted by Crippen LogP contribution is -2.31. The molecule has 0 aliphatic heterocycles. The molecule has 0 radical (unpaired) electrons. The summed E-state index contributed by atoms with van der Waals surface area (Å²) in [6, 6.07) is 7.68. The molecule has 1 aromatic carbocycles. The Hall–Kier alpha value is -1.89. The summed E-state index contributed by atoms with van der Waals surface area (Å²) in [6.07, 6.45) is 1.60. The summed E-state index contributed by atoms with van der Waals surface area (Å²) in [5.41, 5.74) is 5.45. The Bertz CT molecular complexity index is 740. The van der Waals surface area contributed by atoms with Crippen LogP contribution >= 0.6 is 11.6 Å². The van der Waals surface area contributed by atoms with E-state index in [1.165, 1.54) is 0 Å². The molecule has 1 unspecified atom stereocenters. The SMILES string of the molecule is Cn1ncc(Cl)c1C(NN)c1nn(C)c2ccccc12. The molecule has 0 fully saturated rings. The monoisotopic (exact) mass is 290 g/mol. The van der Waals surface area contributed by atoms with E-state index >= 15 is 0 Å². The molecule has 3 aromatic rings. The molecule has 3 N–H and O–H groups in total. The summed E-state index contributed by atoms with van der Waals surface area (Å²) < 4.78 is 3.54. The van der Waals surface area contributed by atoms with Crippen molar-refractivity contribution in [2.24, 2.45) is 19.9 Å². The van der Waals surface area contributed by atoms with Crippen molar-refractivity contribution < 1.29 is 0 Å². The first kappa shape index (κ1) is 13.1. The van der Waals surface area contributed by atoms with Crippen molar-refractivity contribution >= 4 is 22.5 Å². The highest BCUT2D eigenvalue weighted by Crippen LogP contribution is 2.30. The molecule has 0 aliphatic rings. The van der Waals surface area contributed by atoms with Crippen LogP contribution in [0.25, 0.3) is 10.9 Å². The Kier molecular flexibility index (Phi) is 3.21. The van der Waals surface area contributed by atoms with E-state index in [9.17, 15) is 0 Å². The summed E-state index contributed by atoms with van der Waals surface area (Å²) >= 11 is 6.21. The van der Waals surface area contributed by atoms with Crippen LogP contribution in [-0.2, 0) is 14.1 Å². The van der Waals surface area contributed by atoms with E-state index in [2.05, 4.69) is 15.6 Å². The number of halogens is 1. The highest BCUT2D eigenvalue weighted by molar-refractivity contribution is 6.31. The number of fused-ring (bicyclic) bond motifs is 1. The van der Waals surface area contributed by atoms with Gasteiger partial charge in [-0.15, -0.1) is 0 Å². The number of hydrogen-bond donors (Lipinski definition) is 2. The quantitative estimate of drug-likeness (QED) is 0.566. The number of aryl methyl sites for hydroxylation is 2. The van der Waals surface area contributed by atoms with E-state index in [1.54, 1.807) is 10.9 Å². The summed E-state index contributed by atoms with van der Waals surface area (Å²) in [5, 5.41) is 10.3. The van der Waals surface area contributed by atoms with Crippen LogP contribution in [0.5, 0.6) is 0 Å². The van der Waals surface area contributed by atoms with Crippen molar-refractivity contribution in [2.75, 3.05) is 0 Å². The number of nitrogens with zero attached hydrogens (tertiary/aromatic N) is 4. The van der Waals surface area contributed by atoms with Gasteiger partial charge in [0.2, 0.25) is 0 Å². The van der Waals surface area contributed by atoms with Gasteiger partial charge in [-0.1, -0.05) is 29.8 Å². The minimum absolute atomic E-state index is 0.318. The van der Waals surface area contributed by atoms with Gasteiger partial charge in [-0.2, -0.15) is 10.2 Å². The highest BCUT2D eigenvalue weighted by Gasteiger charge is 2.24. The Morgan fingerprint density at radius 1 is 1.25 bits per heavy atom. The topological polar surface area (TPSA) is 73.7 Å². The molecule has 0 saturated carbocycles. The molecular formula is C13H15ClN6. The Balaban J connectivity index is 2.23. The molecule has 1 atom stereocenters. The fourth-order valence-electron chi connectivity index (χ4n) is 2.49. The zero-order valence-corrected chi connectivity index (χ0v) is 12.0. The molecule has 20 heavy (non-hydrogen) atoms. The fraction of sp³-hybridized carbons (Fsp3) is 0.231. The van der Waals surface area contributed by atoms with E-state index in [1.807, 2.05) is 43.0 Å². The maximum Gasteiger partial charge on any atom is 0.109 e. The van der Waals surface area contributed by atoms with Crippen molar-refractivity contribution in [2.45, 2.75) is 6.04 Å². The third kappa shape index (κ3) is 1.89. The third-order valence-electron chi connectivity index (χ3n) is 3.44. The molecule has 0 aliphatic carbocycles. The number of para-hydroxylation sites is 1. The van der Waals surface area contributed by atoms with Gasteiger partial charge in [0.25, 0.3) is 0 Å². The first-order chi connectivity index (χ1) is 9.63. The molecule has 0 bridgehead atoms. The number of nitrogens with two attached hydrogens (primary N) is 1. The normalized spacial score (nSPS) is 13.0. The van der Waals surface area contributed by atoms with Gasteiger partial charge >= 0.3 is 0 Å². The van der Waals surface area contributed by atoms with E-state index in [4.69, 9.17) is 17.4 Å². The third-order valence-corrected chi connectivity index (χ3v) is 3.73. The van der Waals surface area contributed by atoms with Crippen molar-refractivity contribution in [3.8, 4) is 0 Å². The van der Waals surface area contributed by atoms with Crippen LogP contribution in [0.15, 0.2) is 30.5 Å². The van der Waals surface area contributed by atoms with E-state index in [-0.39, 0.29) is 6.04 Å². The second kappa shape index (κ2) is 4.90. The summed E-state index contributed by atoms with van der Waals surface area (Å²) in [5.74, 6) is 5.74.